The first-order valence-corrected chi connectivity index (χ1v) is 7.13. The lowest BCUT2D eigenvalue weighted by molar-refractivity contribution is -0.137. The van der Waals surface area contributed by atoms with Crippen molar-refractivity contribution >= 4 is 17.3 Å². The molecule has 4 heteroatoms. The van der Waals surface area contributed by atoms with Crippen molar-refractivity contribution in [2.75, 3.05) is 13.1 Å². The predicted molar refractivity (Wildman–Crippen MR) is 69.4 cm³/mol. The fourth-order valence-electron chi connectivity index (χ4n) is 2.29. The summed E-state index contributed by atoms with van der Waals surface area (Å²) in [6.45, 7) is 3.35. The van der Waals surface area contributed by atoms with Crippen LogP contribution in [0.2, 0.25) is 0 Å². The third-order valence-corrected chi connectivity index (χ3v) is 4.27. The van der Waals surface area contributed by atoms with E-state index < -0.39 is 5.97 Å². The van der Waals surface area contributed by atoms with Gasteiger partial charge in [0.25, 0.3) is 0 Å². The normalized spacial score (nSPS) is 15.8. The van der Waals surface area contributed by atoms with Crippen LogP contribution < -0.4 is 0 Å². The molecule has 2 rings (SSSR count). The first-order valence-electron chi connectivity index (χ1n) is 6.25. The van der Waals surface area contributed by atoms with Crippen molar-refractivity contribution in [3.63, 3.8) is 0 Å². The minimum Gasteiger partial charge on any atom is -0.481 e. The summed E-state index contributed by atoms with van der Waals surface area (Å²) < 4.78 is 0. The van der Waals surface area contributed by atoms with Gasteiger partial charge in [-0.1, -0.05) is 6.42 Å². The van der Waals surface area contributed by atoms with Crippen LogP contribution in [0.4, 0.5) is 0 Å². The number of fused-ring (bicyclic) bond motifs is 1. The topological polar surface area (TPSA) is 40.5 Å². The molecule has 0 saturated carbocycles. The Balaban J connectivity index is 1.63. The van der Waals surface area contributed by atoms with Gasteiger partial charge in [-0.25, -0.2) is 0 Å². The van der Waals surface area contributed by atoms with E-state index in [1.807, 2.05) is 11.3 Å². The van der Waals surface area contributed by atoms with Crippen LogP contribution >= 0.6 is 11.3 Å². The number of unbranched alkanes of at least 4 members (excludes halogenated alkanes) is 2. The van der Waals surface area contributed by atoms with Gasteiger partial charge >= 0.3 is 5.97 Å². The quantitative estimate of drug-likeness (QED) is 0.792. The van der Waals surface area contributed by atoms with E-state index >= 15 is 0 Å². The van der Waals surface area contributed by atoms with Crippen LogP contribution in [-0.4, -0.2) is 29.1 Å². The molecule has 0 spiro atoms. The Kier molecular flexibility index (Phi) is 4.57. The van der Waals surface area contributed by atoms with Gasteiger partial charge < -0.3 is 5.11 Å². The van der Waals surface area contributed by atoms with E-state index in [0.29, 0.717) is 6.42 Å². The highest BCUT2D eigenvalue weighted by Gasteiger charge is 2.16. The second-order valence-corrected chi connectivity index (χ2v) is 5.60. The summed E-state index contributed by atoms with van der Waals surface area (Å²) in [6, 6.07) is 2.23. The van der Waals surface area contributed by atoms with Crippen LogP contribution in [0.3, 0.4) is 0 Å². The smallest absolute Gasteiger partial charge is 0.303 e. The fraction of sp³-hybridized carbons (Fsp3) is 0.615. The molecule has 0 aromatic carbocycles. The van der Waals surface area contributed by atoms with Gasteiger partial charge in [0.05, 0.1) is 0 Å². The Morgan fingerprint density at radius 2 is 2.29 bits per heavy atom. The van der Waals surface area contributed by atoms with Crippen LogP contribution in [0.1, 0.15) is 36.1 Å². The van der Waals surface area contributed by atoms with Gasteiger partial charge in [-0.2, -0.15) is 0 Å². The third kappa shape index (κ3) is 3.82. The van der Waals surface area contributed by atoms with E-state index in [0.717, 1.165) is 38.9 Å². The lowest BCUT2D eigenvalue weighted by atomic mass is 10.1. The van der Waals surface area contributed by atoms with E-state index in [-0.39, 0.29) is 0 Å². The summed E-state index contributed by atoms with van der Waals surface area (Å²) in [4.78, 5) is 14.4. The van der Waals surface area contributed by atoms with Crippen LogP contribution in [0.15, 0.2) is 11.4 Å². The molecule has 0 bridgehead atoms. The molecule has 94 valence electrons. The molecule has 3 nitrogen and oxygen atoms in total. The zero-order chi connectivity index (χ0) is 12.1. The Labute approximate surface area is 106 Å². The van der Waals surface area contributed by atoms with Crippen molar-refractivity contribution in [1.29, 1.82) is 0 Å². The highest BCUT2D eigenvalue weighted by atomic mass is 32.1. The Morgan fingerprint density at radius 3 is 3.12 bits per heavy atom. The van der Waals surface area contributed by atoms with Gasteiger partial charge in [-0.3, -0.25) is 9.69 Å². The van der Waals surface area contributed by atoms with Gasteiger partial charge in [0.1, 0.15) is 0 Å². The zero-order valence-corrected chi connectivity index (χ0v) is 10.8. The minimum absolute atomic E-state index is 0.314. The number of hydrogen-bond donors (Lipinski definition) is 1. The van der Waals surface area contributed by atoms with E-state index in [1.54, 1.807) is 4.88 Å². The monoisotopic (exact) mass is 253 g/mol. The Bertz CT molecular complexity index is 375. The van der Waals surface area contributed by atoms with Crippen LogP contribution in [0.5, 0.6) is 0 Å². The van der Waals surface area contributed by atoms with Gasteiger partial charge in [0.15, 0.2) is 0 Å². The molecular weight excluding hydrogens is 234 g/mol. The van der Waals surface area contributed by atoms with E-state index in [1.165, 1.54) is 12.0 Å². The molecule has 1 aromatic rings. The summed E-state index contributed by atoms with van der Waals surface area (Å²) in [5, 5.41) is 10.7. The Morgan fingerprint density at radius 1 is 1.41 bits per heavy atom. The minimum atomic E-state index is -0.675. The molecule has 17 heavy (non-hydrogen) atoms. The van der Waals surface area contributed by atoms with Crippen molar-refractivity contribution in [2.24, 2.45) is 0 Å². The van der Waals surface area contributed by atoms with Gasteiger partial charge in [-0.05, 0) is 42.8 Å². The number of rotatable bonds is 6. The summed E-state index contributed by atoms with van der Waals surface area (Å²) in [7, 11) is 0. The molecule has 1 aliphatic heterocycles. The zero-order valence-electron chi connectivity index (χ0n) is 10.0. The number of carbonyl (C=O) groups is 1. The number of hydrogen-bond acceptors (Lipinski definition) is 3. The fourth-order valence-corrected chi connectivity index (χ4v) is 3.18. The molecule has 1 N–H and O–H groups in total. The molecule has 0 atom stereocenters. The van der Waals surface area contributed by atoms with Crippen LogP contribution in [0.25, 0.3) is 0 Å². The maximum atomic E-state index is 10.4. The first-order chi connectivity index (χ1) is 8.25. The largest absolute Gasteiger partial charge is 0.481 e. The van der Waals surface area contributed by atoms with Crippen molar-refractivity contribution in [2.45, 2.75) is 38.6 Å². The average molecular weight is 253 g/mol. The third-order valence-electron chi connectivity index (χ3n) is 3.25. The maximum absolute atomic E-state index is 10.4. The lowest BCUT2D eigenvalue weighted by Crippen LogP contribution is -2.30. The predicted octanol–water partition coefficient (Wildman–Crippen LogP) is 2.75. The summed E-state index contributed by atoms with van der Waals surface area (Å²) in [5.41, 5.74) is 1.49. The Hall–Kier alpha value is -0.870. The van der Waals surface area contributed by atoms with Gasteiger partial charge in [-0.15, -0.1) is 11.3 Å². The maximum Gasteiger partial charge on any atom is 0.303 e. The molecule has 0 unspecified atom stereocenters. The lowest BCUT2D eigenvalue weighted by Gasteiger charge is -2.26. The number of aliphatic carboxylic acids is 1. The number of carboxylic acids is 1. The van der Waals surface area contributed by atoms with Gasteiger partial charge in [0, 0.05) is 24.4 Å². The molecule has 2 heterocycles. The van der Waals surface area contributed by atoms with Crippen molar-refractivity contribution < 1.29 is 9.90 Å². The molecular formula is C13H19NO2S. The molecule has 0 amide bonds. The van der Waals surface area contributed by atoms with E-state index in [9.17, 15) is 4.79 Å². The second-order valence-electron chi connectivity index (χ2n) is 4.60. The first kappa shape index (κ1) is 12.6. The highest BCUT2D eigenvalue weighted by molar-refractivity contribution is 7.10. The molecule has 0 radical (unpaired) electrons. The van der Waals surface area contributed by atoms with Gasteiger partial charge in [0.2, 0.25) is 0 Å². The van der Waals surface area contributed by atoms with Crippen molar-refractivity contribution in [3.05, 3.63) is 21.9 Å². The summed E-state index contributed by atoms with van der Waals surface area (Å²) >= 11 is 1.87. The second kappa shape index (κ2) is 6.17. The molecule has 1 aliphatic rings. The van der Waals surface area contributed by atoms with Crippen molar-refractivity contribution in [1.82, 2.24) is 4.90 Å². The van der Waals surface area contributed by atoms with Crippen LogP contribution in [0, 0.1) is 0 Å². The number of nitrogens with zero attached hydrogens (tertiary/aromatic N) is 1. The molecule has 1 aromatic heterocycles. The van der Waals surface area contributed by atoms with Crippen LogP contribution in [-0.2, 0) is 17.8 Å². The summed E-state index contributed by atoms with van der Waals surface area (Å²) in [6.07, 6.45) is 4.45. The number of thiophene rings is 1. The molecule has 0 aliphatic carbocycles. The van der Waals surface area contributed by atoms with Crippen molar-refractivity contribution in [3.8, 4) is 0 Å². The summed E-state index contributed by atoms with van der Waals surface area (Å²) in [5.74, 6) is -0.675. The standard InChI is InChI=1S/C13H19NO2S/c15-13(16)4-2-1-3-7-14-8-5-12-11(10-14)6-9-17-12/h6,9H,1-5,7-8,10H2,(H,15,16). The molecule has 0 saturated heterocycles. The van der Waals surface area contributed by atoms with E-state index in [4.69, 9.17) is 5.11 Å². The van der Waals surface area contributed by atoms with E-state index in [2.05, 4.69) is 16.3 Å². The highest BCUT2D eigenvalue weighted by Crippen LogP contribution is 2.24. The average Bonchev–Trinajstić information content (AvgIpc) is 2.75. The molecule has 0 fully saturated rings. The SMILES string of the molecule is O=C(O)CCCCCN1CCc2sccc2C1. The number of carboxylic acid groups (broad SMARTS) is 1.